The van der Waals surface area contributed by atoms with E-state index in [1.165, 1.54) is 24.3 Å². The number of fused-ring (bicyclic) bond motifs is 1. The molecule has 0 aliphatic heterocycles. The Hall–Kier alpha value is -4.27. The van der Waals surface area contributed by atoms with Crippen LogP contribution in [0.5, 0.6) is 17.2 Å². The van der Waals surface area contributed by atoms with Crippen LogP contribution in [0.1, 0.15) is 22.5 Å². The van der Waals surface area contributed by atoms with E-state index in [4.69, 9.17) is 13.9 Å². The molecule has 36 heavy (non-hydrogen) atoms. The highest BCUT2D eigenvalue weighted by Gasteiger charge is 2.40. The van der Waals surface area contributed by atoms with Crippen molar-refractivity contribution in [3.63, 3.8) is 0 Å². The lowest BCUT2D eigenvalue weighted by molar-refractivity contribution is -0.154. The van der Waals surface area contributed by atoms with E-state index in [9.17, 15) is 22.8 Å². The van der Waals surface area contributed by atoms with Crippen molar-refractivity contribution in [1.29, 1.82) is 0 Å². The fourth-order valence-corrected chi connectivity index (χ4v) is 3.46. The molecule has 9 heteroatoms. The largest absolute Gasteiger partial charge is 0.484 e. The number of hydrogen-bond donors (Lipinski definition) is 1. The molecule has 0 saturated heterocycles. The zero-order valence-corrected chi connectivity index (χ0v) is 19.7. The first-order valence-electron chi connectivity index (χ1n) is 10.9. The molecule has 0 unspecified atom stereocenters. The van der Waals surface area contributed by atoms with Crippen LogP contribution in [0, 0.1) is 20.8 Å². The van der Waals surface area contributed by atoms with Crippen molar-refractivity contribution in [1.82, 2.24) is 0 Å². The number of carbonyl (C=O) groups excluding carboxylic acids is 1. The number of amides is 1. The minimum atomic E-state index is -4.99. The van der Waals surface area contributed by atoms with Crippen LogP contribution in [0.25, 0.3) is 11.0 Å². The summed E-state index contributed by atoms with van der Waals surface area (Å²) in [4.78, 5) is 25.2. The molecule has 0 spiro atoms. The molecule has 4 aromatic rings. The monoisotopic (exact) mass is 497 g/mol. The third kappa shape index (κ3) is 5.51. The molecule has 6 nitrogen and oxygen atoms in total. The number of halogens is 3. The van der Waals surface area contributed by atoms with Gasteiger partial charge in [-0.25, -0.2) is 0 Å². The maximum atomic E-state index is 13.7. The molecule has 1 N–H and O–H groups in total. The van der Waals surface area contributed by atoms with E-state index in [0.717, 1.165) is 22.8 Å². The van der Waals surface area contributed by atoms with Gasteiger partial charge in [0.1, 0.15) is 17.1 Å². The number of nitrogens with one attached hydrogen (secondary N) is 1. The summed E-state index contributed by atoms with van der Waals surface area (Å²) in [5.74, 6) is -2.86. The molecule has 0 aliphatic rings. The molecule has 0 fully saturated rings. The molecular weight excluding hydrogens is 475 g/mol. The molecule has 0 saturated carbocycles. The molecule has 0 bridgehead atoms. The molecular formula is C27H22F3NO5. The van der Waals surface area contributed by atoms with Gasteiger partial charge in [-0.2, -0.15) is 13.2 Å². The van der Waals surface area contributed by atoms with Crippen LogP contribution in [0.15, 0.2) is 69.9 Å². The van der Waals surface area contributed by atoms with Crippen molar-refractivity contribution in [3.8, 4) is 17.2 Å². The molecule has 186 valence electrons. The third-order valence-corrected chi connectivity index (χ3v) is 5.36. The van der Waals surface area contributed by atoms with Gasteiger partial charge in [0.05, 0.1) is 5.39 Å². The van der Waals surface area contributed by atoms with Gasteiger partial charge in [-0.3, -0.25) is 9.59 Å². The number of ether oxygens (including phenoxy) is 2. The van der Waals surface area contributed by atoms with Crippen molar-refractivity contribution < 1.29 is 31.9 Å². The molecule has 0 radical (unpaired) electrons. The van der Waals surface area contributed by atoms with Gasteiger partial charge in [0, 0.05) is 11.8 Å². The minimum absolute atomic E-state index is 0.0575. The van der Waals surface area contributed by atoms with Gasteiger partial charge in [-0.1, -0.05) is 29.8 Å². The van der Waals surface area contributed by atoms with E-state index in [1.54, 1.807) is 12.1 Å². The zero-order valence-electron chi connectivity index (χ0n) is 19.7. The second kappa shape index (κ2) is 9.77. The fraction of sp³-hybridized carbons (Fsp3) is 0.185. The van der Waals surface area contributed by atoms with Crippen LogP contribution in [0.3, 0.4) is 0 Å². The average molecular weight is 497 g/mol. The number of anilines is 1. The van der Waals surface area contributed by atoms with Crippen LogP contribution in [-0.2, 0) is 11.0 Å². The second-order valence-electron chi connectivity index (χ2n) is 8.32. The highest BCUT2D eigenvalue weighted by Crippen LogP contribution is 2.38. The number of rotatable bonds is 6. The van der Waals surface area contributed by atoms with Gasteiger partial charge < -0.3 is 19.2 Å². The Kier molecular flexibility index (Phi) is 6.74. The second-order valence-corrected chi connectivity index (χ2v) is 8.32. The first kappa shape index (κ1) is 24.8. The lowest BCUT2D eigenvalue weighted by atomic mass is 10.1. The maximum absolute atomic E-state index is 13.7. The van der Waals surface area contributed by atoms with Crippen molar-refractivity contribution in [2.75, 3.05) is 11.9 Å². The Labute approximate surface area is 204 Å². The summed E-state index contributed by atoms with van der Waals surface area (Å²) in [5.41, 5.74) is 2.00. The average Bonchev–Trinajstić information content (AvgIpc) is 2.82. The summed E-state index contributed by atoms with van der Waals surface area (Å²) in [6.07, 6.45) is -4.99. The fourth-order valence-electron chi connectivity index (χ4n) is 3.46. The molecule has 0 atom stereocenters. The van der Waals surface area contributed by atoms with Crippen LogP contribution < -0.4 is 20.2 Å². The van der Waals surface area contributed by atoms with E-state index < -0.39 is 35.6 Å². The number of aryl methyl sites for hydroxylation is 3. The van der Waals surface area contributed by atoms with E-state index in [2.05, 4.69) is 5.32 Å². The Morgan fingerprint density at radius 1 is 0.917 bits per heavy atom. The first-order chi connectivity index (χ1) is 17.0. The molecule has 3 aromatic carbocycles. The Morgan fingerprint density at radius 2 is 1.58 bits per heavy atom. The summed E-state index contributed by atoms with van der Waals surface area (Å²) in [6, 6.07) is 15.6. The van der Waals surface area contributed by atoms with Gasteiger partial charge in [-0.15, -0.1) is 0 Å². The van der Waals surface area contributed by atoms with Gasteiger partial charge in [-0.05, 0) is 62.2 Å². The highest BCUT2D eigenvalue weighted by molar-refractivity contribution is 5.92. The molecule has 1 aromatic heterocycles. The number of carbonyl (C=O) groups is 1. The van der Waals surface area contributed by atoms with Crippen LogP contribution in [-0.4, -0.2) is 12.5 Å². The lowest BCUT2D eigenvalue weighted by Crippen LogP contribution is -2.20. The molecule has 1 heterocycles. The Balaban J connectivity index is 1.60. The van der Waals surface area contributed by atoms with E-state index in [-0.39, 0.29) is 22.5 Å². The lowest BCUT2D eigenvalue weighted by Gasteiger charge is -2.14. The summed E-state index contributed by atoms with van der Waals surface area (Å²) < 4.78 is 57.1. The number of hydrogen-bond acceptors (Lipinski definition) is 5. The predicted octanol–water partition coefficient (Wildman–Crippen LogP) is 6.55. The summed E-state index contributed by atoms with van der Waals surface area (Å²) >= 11 is 0. The number of benzene rings is 3. The highest BCUT2D eigenvalue weighted by atomic mass is 19.4. The van der Waals surface area contributed by atoms with E-state index in [0.29, 0.717) is 5.69 Å². The van der Waals surface area contributed by atoms with Crippen molar-refractivity contribution in [2.45, 2.75) is 26.9 Å². The Morgan fingerprint density at radius 3 is 2.28 bits per heavy atom. The maximum Gasteiger partial charge on any atom is 0.453 e. The van der Waals surface area contributed by atoms with Crippen molar-refractivity contribution >= 4 is 22.6 Å². The van der Waals surface area contributed by atoms with Gasteiger partial charge in [0.2, 0.25) is 11.2 Å². The van der Waals surface area contributed by atoms with Crippen LogP contribution in [0.4, 0.5) is 18.9 Å². The molecule has 1 amide bonds. The molecule has 4 rings (SSSR count). The standard InChI is InChI=1S/C27H22F3NO5/c1-15-5-8-18(9-6-15)35-25-24(33)20-11-10-19(13-22(20)36-26(25)27(28,29)30)34-14-23(32)31-21-12-16(2)4-7-17(21)3/h4-13H,14H2,1-3H3,(H,31,32). The predicted molar refractivity (Wildman–Crippen MR) is 129 cm³/mol. The summed E-state index contributed by atoms with van der Waals surface area (Å²) in [5, 5.41) is 2.60. The Bertz CT molecular complexity index is 1490. The smallest absolute Gasteiger partial charge is 0.453 e. The minimum Gasteiger partial charge on any atom is -0.484 e. The number of alkyl halides is 3. The van der Waals surface area contributed by atoms with Crippen LogP contribution >= 0.6 is 0 Å². The zero-order chi connectivity index (χ0) is 26.0. The van der Waals surface area contributed by atoms with E-state index >= 15 is 0 Å². The first-order valence-corrected chi connectivity index (χ1v) is 10.9. The van der Waals surface area contributed by atoms with Gasteiger partial charge >= 0.3 is 6.18 Å². The SMILES string of the molecule is Cc1ccc(Oc2c(C(F)(F)F)oc3cc(OCC(=O)Nc4cc(C)ccc4C)ccc3c2=O)cc1. The summed E-state index contributed by atoms with van der Waals surface area (Å²) in [7, 11) is 0. The quantitative estimate of drug-likeness (QED) is 0.327. The topological polar surface area (TPSA) is 77.8 Å². The van der Waals surface area contributed by atoms with Crippen LogP contribution in [0.2, 0.25) is 0 Å². The molecule has 0 aliphatic carbocycles. The summed E-state index contributed by atoms with van der Waals surface area (Å²) in [6.45, 7) is 5.14. The van der Waals surface area contributed by atoms with Crippen molar-refractivity contribution in [3.05, 3.63) is 93.3 Å². The normalized spacial score (nSPS) is 11.4. The van der Waals surface area contributed by atoms with Gasteiger partial charge in [0.25, 0.3) is 11.7 Å². The van der Waals surface area contributed by atoms with Gasteiger partial charge in [0.15, 0.2) is 6.61 Å². The third-order valence-electron chi connectivity index (χ3n) is 5.36. The van der Waals surface area contributed by atoms with E-state index in [1.807, 2.05) is 39.0 Å². The van der Waals surface area contributed by atoms with Crippen molar-refractivity contribution in [2.24, 2.45) is 0 Å².